The largest absolute Gasteiger partial charge is 0.338 e. The lowest BCUT2D eigenvalue weighted by atomic mass is 10.2. The van der Waals surface area contributed by atoms with Crippen molar-refractivity contribution in [2.24, 2.45) is 0 Å². The normalized spacial score (nSPS) is 11.9. The quantitative estimate of drug-likeness (QED) is 0.681. The van der Waals surface area contributed by atoms with E-state index < -0.39 is 10.0 Å². The summed E-state index contributed by atoms with van der Waals surface area (Å²) in [4.78, 5) is 17.8. The van der Waals surface area contributed by atoms with Gasteiger partial charge in [-0.1, -0.05) is 35.0 Å². The molecular formula is C17H16N4O4S. The Morgan fingerprint density at radius 3 is 2.73 bits per heavy atom. The van der Waals surface area contributed by atoms with E-state index in [0.29, 0.717) is 5.56 Å². The molecule has 0 aliphatic heterocycles. The van der Waals surface area contributed by atoms with E-state index in [1.165, 1.54) is 18.3 Å². The highest BCUT2D eigenvalue weighted by Gasteiger charge is 2.12. The van der Waals surface area contributed by atoms with Crippen LogP contribution in [0.15, 0.2) is 57.3 Å². The third kappa shape index (κ3) is 4.74. The average Bonchev–Trinajstić information content (AvgIpc) is 3.09. The van der Waals surface area contributed by atoms with Gasteiger partial charge in [-0.15, -0.1) is 0 Å². The zero-order valence-electron chi connectivity index (χ0n) is 13.8. The molecule has 0 bridgehead atoms. The number of aromatic nitrogens is 3. The van der Waals surface area contributed by atoms with E-state index in [1.54, 1.807) is 6.07 Å². The molecule has 3 rings (SSSR count). The number of rotatable bonds is 6. The van der Waals surface area contributed by atoms with Crippen molar-refractivity contribution in [2.75, 3.05) is 0 Å². The van der Waals surface area contributed by atoms with E-state index in [-0.39, 0.29) is 23.8 Å². The number of H-pyrrole nitrogens is 1. The molecule has 0 unspecified atom stereocenters. The van der Waals surface area contributed by atoms with Crippen LogP contribution in [-0.2, 0) is 16.6 Å². The van der Waals surface area contributed by atoms with Gasteiger partial charge in [0.2, 0.25) is 27.3 Å². The van der Waals surface area contributed by atoms with Crippen LogP contribution in [0.1, 0.15) is 17.0 Å². The zero-order valence-corrected chi connectivity index (χ0v) is 14.7. The van der Waals surface area contributed by atoms with Gasteiger partial charge in [0.1, 0.15) is 0 Å². The molecule has 0 aliphatic carbocycles. The number of aromatic amines is 1. The summed E-state index contributed by atoms with van der Waals surface area (Å²) in [6, 6.07) is 10.4. The van der Waals surface area contributed by atoms with E-state index in [9.17, 15) is 13.2 Å². The Hall–Kier alpha value is -3.04. The molecular weight excluding hydrogens is 356 g/mol. The zero-order chi connectivity index (χ0) is 18.6. The predicted molar refractivity (Wildman–Crippen MR) is 96.3 cm³/mol. The predicted octanol–water partition coefficient (Wildman–Crippen LogP) is 1.82. The van der Waals surface area contributed by atoms with Gasteiger partial charge in [-0.3, -0.25) is 4.79 Å². The maximum atomic E-state index is 12.0. The minimum atomic E-state index is -3.66. The van der Waals surface area contributed by atoms with Crippen LogP contribution >= 0.6 is 0 Å². The van der Waals surface area contributed by atoms with Crippen molar-refractivity contribution in [1.82, 2.24) is 19.8 Å². The topological polar surface area (TPSA) is 118 Å². The number of aryl methyl sites for hydroxylation is 1. The molecule has 0 atom stereocenters. The lowest BCUT2D eigenvalue weighted by Gasteiger charge is -1.99. The van der Waals surface area contributed by atoms with Crippen LogP contribution in [0.2, 0.25) is 0 Å². The summed E-state index contributed by atoms with van der Waals surface area (Å²) in [5, 5.41) is 4.81. The molecule has 0 saturated heterocycles. The summed E-state index contributed by atoms with van der Waals surface area (Å²) in [5.41, 5.74) is 2.05. The summed E-state index contributed by atoms with van der Waals surface area (Å²) in [6.07, 6.45) is 2.96. The summed E-state index contributed by atoms with van der Waals surface area (Å²) in [5.74, 6) is 0.299. The molecule has 26 heavy (non-hydrogen) atoms. The molecule has 2 N–H and O–H groups in total. The van der Waals surface area contributed by atoms with Gasteiger partial charge in [-0.2, -0.15) is 4.98 Å². The van der Waals surface area contributed by atoms with E-state index in [1.807, 2.05) is 31.2 Å². The van der Waals surface area contributed by atoms with Crippen LogP contribution in [0.3, 0.4) is 0 Å². The van der Waals surface area contributed by atoms with Gasteiger partial charge in [-0.25, -0.2) is 13.1 Å². The summed E-state index contributed by atoms with van der Waals surface area (Å²) >= 11 is 0. The molecule has 2 heterocycles. The number of benzene rings is 1. The van der Waals surface area contributed by atoms with Gasteiger partial charge in [0, 0.05) is 23.2 Å². The molecule has 1 aromatic carbocycles. The monoisotopic (exact) mass is 372 g/mol. The maximum absolute atomic E-state index is 12.0. The van der Waals surface area contributed by atoms with Crippen LogP contribution in [0.5, 0.6) is 0 Å². The van der Waals surface area contributed by atoms with Crippen molar-refractivity contribution in [2.45, 2.75) is 13.5 Å². The molecule has 0 spiro atoms. The van der Waals surface area contributed by atoms with E-state index in [4.69, 9.17) is 4.52 Å². The van der Waals surface area contributed by atoms with E-state index in [2.05, 4.69) is 19.8 Å². The van der Waals surface area contributed by atoms with Crippen molar-refractivity contribution in [3.05, 3.63) is 75.4 Å². The van der Waals surface area contributed by atoms with Crippen LogP contribution in [0, 0.1) is 6.92 Å². The van der Waals surface area contributed by atoms with Crippen LogP contribution in [0.25, 0.3) is 17.5 Å². The Morgan fingerprint density at radius 1 is 1.23 bits per heavy atom. The number of hydrogen-bond donors (Lipinski definition) is 2. The fourth-order valence-electron chi connectivity index (χ4n) is 2.08. The second kappa shape index (κ2) is 7.46. The highest BCUT2D eigenvalue weighted by Crippen LogP contribution is 2.13. The van der Waals surface area contributed by atoms with Crippen LogP contribution < -0.4 is 10.3 Å². The number of nitrogens with zero attached hydrogens (tertiary/aromatic N) is 2. The van der Waals surface area contributed by atoms with Crippen molar-refractivity contribution in [1.29, 1.82) is 0 Å². The van der Waals surface area contributed by atoms with Gasteiger partial charge >= 0.3 is 0 Å². The molecule has 0 aliphatic rings. The van der Waals surface area contributed by atoms with Crippen molar-refractivity contribution >= 4 is 16.1 Å². The minimum absolute atomic E-state index is 0.0904. The Labute approximate surface area is 149 Å². The lowest BCUT2D eigenvalue weighted by Crippen LogP contribution is -2.20. The first-order valence-electron chi connectivity index (χ1n) is 7.67. The fourth-order valence-corrected chi connectivity index (χ4v) is 2.84. The standard InChI is InChI=1S/C17H16N4O4S/c1-12-2-4-13(5-3-12)7-9-26(23,24)19-11-16-20-17(21-25-16)14-6-8-18-15(22)10-14/h2-10,19H,11H2,1H3,(H,18,22)/b9-7+. The van der Waals surface area contributed by atoms with Gasteiger partial charge in [0.05, 0.1) is 6.54 Å². The summed E-state index contributed by atoms with van der Waals surface area (Å²) < 4.78 is 31.4. The third-order valence-corrected chi connectivity index (χ3v) is 4.48. The van der Waals surface area contributed by atoms with E-state index >= 15 is 0 Å². The second-order valence-corrected chi connectivity index (χ2v) is 7.18. The van der Waals surface area contributed by atoms with Gasteiger partial charge in [-0.05, 0) is 24.6 Å². The molecule has 0 amide bonds. The Morgan fingerprint density at radius 2 is 2.00 bits per heavy atom. The summed E-state index contributed by atoms with van der Waals surface area (Å²) in [7, 11) is -3.66. The van der Waals surface area contributed by atoms with Crippen molar-refractivity contribution in [3.8, 4) is 11.4 Å². The highest BCUT2D eigenvalue weighted by atomic mass is 32.2. The van der Waals surface area contributed by atoms with Crippen LogP contribution in [-0.4, -0.2) is 23.5 Å². The van der Waals surface area contributed by atoms with E-state index in [0.717, 1.165) is 16.5 Å². The van der Waals surface area contributed by atoms with Crippen LogP contribution in [0.4, 0.5) is 0 Å². The van der Waals surface area contributed by atoms with Gasteiger partial charge < -0.3 is 9.51 Å². The SMILES string of the molecule is Cc1ccc(/C=C/S(=O)(=O)NCc2nc(-c3cc[nH]c(=O)c3)no2)cc1. The molecule has 3 aromatic rings. The number of nitrogens with one attached hydrogen (secondary N) is 2. The average molecular weight is 372 g/mol. The smallest absolute Gasteiger partial charge is 0.248 e. The van der Waals surface area contributed by atoms with Gasteiger partial charge in [0.15, 0.2) is 0 Å². The number of sulfonamides is 1. The molecule has 134 valence electrons. The minimum Gasteiger partial charge on any atom is -0.338 e. The maximum Gasteiger partial charge on any atom is 0.248 e. The number of hydrogen-bond acceptors (Lipinski definition) is 6. The van der Waals surface area contributed by atoms with Crippen molar-refractivity contribution in [3.63, 3.8) is 0 Å². The Bertz CT molecular complexity index is 1080. The number of pyridine rings is 1. The molecule has 0 fully saturated rings. The fraction of sp³-hybridized carbons (Fsp3) is 0.118. The molecule has 0 saturated carbocycles. The highest BCUT2D eigenvalue weighted by molar-refractivity contribution is 7.92. The molecule has 9 heteroatoms. The third-order valence-electron chi connectivity index (χ3n) is 3.44. The van der Waals surface area contributed by atoms with Gasteiger partial charge in [0.25, 0.3) is 0 Å². The molecule has 0 radical (unpaired) electrons. The second-order valence-electron chi connectivity index (χ2n) is 5.53. The Balaban J connectivity index is 1.65. The summed E-state index contributed by atoms with van der Waals surface area (Å²) in [6.45, 7) is 1.80. The Kier molecular flexibility index (Phi) is 5.10. The first-order chi connectivity index (χ1) is 12.4. The lowest BCUT2D eigenvalue weighted by molar-refractivity contribution is 0.376. The van der Waals surface area contributed by atoms with Crippen molar-refractivity contribution < 1.29 is 12.9 Å². The first kappa shape index (κ1) is 17.8. The molecule has 2 aromatic heterocycles. The molecule has 8 nitrogen and oxygen atoms in total. The first-order valence-corrected chi connectivity index (χ1v) is 9.22.